The van der Waals surface area contributed by atoms with Gasteiger partial charge in [-0.05, 0) is 59.0 Å². The van der Waals surface area contributed by atoms with E-state index in [4.69, 9.17) is 0 Å². The molecule has 0 N–H and O–H groups in total. The van der Waals surface area contributed by atoms with Crippen LogP contribution in [0.2, 0.25) is 0 Å². The molecule has 0 saturated carbocycles. The van der Waals surface area contributed by atoms with E-state index in [1.165, 1.54) is 21.9 Å². The van der Waals surface area contributed by atoms with Crippen molar-refractivity contribution in [3.05, 3.63) is 59.7 Å². The lowest BCUT2D eigenvalue weighted by molar-refractivity contribution is 1.45. The molecule has 0 spiro atoms. The molecule has 0 aliphatic carbocycles. The van der Waals surface area contributed by atoms with Crippen LogP contribution in [0.5, 0.6) is 0 Å². The Kier molecular flexibility index (Phi) is 2.66. The molecule has 0 radical (unpaired) electrons. The number of benzene rings is 2. The quantitative estimate of drug-likeness (QED) is 0.668. The smallest absolute Gasteiger partial charge is 0.0146 e. The van der Waals surface area contributed by atoms with Crippen LogP contribution < -0.4 is 0 Å². The Morgan fingerprint density at radius 2 is 1.19 bits per heavy atom. The predicted octanol–water partition coefficient (Wildman–Crippen LogP) is 4.74. The summed E-state index contributed by atoms with van der Waals surface area (Å²) in [6.45, 7) is 12.0. The summed E-state index contributed by atoms with van der Waals surface area (Å²) in [7, 11) is 0. The molecule has 0 heteroatoms. The molecule has 2 aromatic carbocycles. The van der Waals surface area contributed by atoms with Crippen molar-refractivity contribution in [2.24, 2.45) is 0 Å². The third-order valence-corrected chi connectivity index (χ3v) is 3.10. The van der Waals surface area contributed by atoms with Gasteiger partial charge >= 0.3 is 0 Å². The van der Waals surface area contributed by atoms with E-state index in [1.54, 1.807) is 0 Å². The molecule has 0 aromatic heterocycles. The van der Waals surface area contributed by atoms with Crippen LogP contribution in [0.3, 0.4) is 0 Å². The first kappa shape index (κ1) is 10.7. The van der Waals surface area contributed by atoms with Crippen molar-refractivity contribution in [1.29, 1.82) is 0 Å². The number of rotatable bonds is 2. The van der Waals surface area contributed by atoms with E-state index in [0.29, 0.717) is 0 Å². The third kappa shape index (κ3) is 1.57. The van der Waals surface area contributed by atoms with Gasteiger partial charge in [-0.1, -0.05) is 37.4 Å². The van der Waals surface area contributed by atoms with Crippen molar-refractivity contribution in [3.8, 4) is 0 Å². The highest BCUT2D eigenvalue weighted by Crippen LogP contribution is 2.27. The van der Waals surface area contributed by atoms with E-state index in [1.807, 2.05) is 12.2 Å². The standard InChI is InChI=1S/C16H16/c1-5-13-9-15-11(3)7-8-12(4)16(15)10-14(13)6-2/h5-10H,1-2H2,3-4H3. The maximum Gasteiger partial charge on any atom is -0.0146 e. The number of fused-ring (bicyclic) bond motifs is 1. The lowest BCUT2D eigenvalue weighted by Gasteiger charge is -2.09. The fourth-order valence-electron chi connectivity index (χ4n) is 2.07. The molecule has 0 bridgehead atoms. The monoisotopic (exact) mass is 208 g/mol. The molecule has 16 heavy (non-hydrogen) atoms. The molecule has 0 fully saturated rings. The molecule has 0 heterocycles. The Balaban J connectivity index is 2.93. The van der Waals surface area contributed by atoms with Gasteiger partial charge in [-0.15, -0.1) is 0 Å². The van der Waals surface area contributed by atoms with Crippen molar-refractivity contribution in [1.82, 2.24) is 0 Å². The van der Waals surface area contributed by atoms with E-state index < -0.39 is 0 Å². The van der Waals surface area contributed by atoms with Crippen LogP contribution in [0.4, 0.5) is 0 Å². The second kappa shape index (κ2) is 3.97. The minimum absolute atomic E-state index is 1.15. The molecule has 0 aliphatic rings. The average molecular weight is 208 g/mol. The zero-order valence-electron chi connectivity index (χ0n) is 9.88. The molecule has 80 valence electrons. The molecule has 0 nitrogen and oxygen atoms in total. The highest BCUT2D eigenvalue weighted by molar-refractivity contribution is 5.92. The zero-order chi connectivity index (χ0) is 11.7. The summed E-state index contributed by atoms with van der Waals surface area (Å²) in [5.74, 6) is 0. The molecule has 0 atom stereocenters. The first-order valence-electron chi connectivity index (χ1n) is 5.46. The predicted molar refractivity (Wildman–Crippen MR) is 73.6 cm³/mol. The van der Waals surface area contributed by atoms with E-state index in [0.717, 1.165) is 11.1 Å². The lowest BCUT2D eigenvalue weighted by Crippen LogP contribution is -1.87. The average Bonchev–Trinajstić information content (AvgIpc) is 2.32. The van der Waals surface area contributed by atoms with Crippen molar-refractivity contribution in [3.63, 3.8) is 0 Å². The molecule has 0 saturated heterocycles. The Morgan fingerprint density at radius 3 is 1.50 bits per heavy atom. The Labute approximate surface area is 96.9 Å². The zero-order valence-corrected chi connectivity index (χ0v) is 9.88. The second-order valence-electron chi connectivity index (χ2n) is 4.13. The second-order valence-corrected chi connectivity index (χ2v) is 4.13. The minimum atomic E-state index is 1.15. The van der Waals surface area contributed by atoms with Gasteiger partial charge in [0.2, 0.25) is 0 Å². The van der Waals surface area contributed by atoms with Gasteiger partial charge in [0.15, 0.2) is 0 Å². The molecule has 0 amide bonds. The van der Waals surface area contributed by atoms with Gasteiger partial charge in [0.1, 0.15) is 0 Å². The lowest BCUT2D eigenvalue weighted by atomic mass is 9.95. The largest absolute Gasteiger partial charge is 0.0984 e. The van der Waals surface area contributed by atoms with Crippen molar-refractivity contribution >= 4 is 22.9 Å². The highest BCUT2D eigenvalue weighted by Gasteiger charge is 2.04. The summed E-state index contributed by atoms with van der Waals surface area (Å²) >= 11 is 0. The summed E-state index contributed by atoms with van der Waals surface area (Å²) in [5, 5.41) is 2.61. The number of hydrogen-bond donors (Lipinski definition) is 0. The summed E-state index contributed by atoms with van der Waals surface area (Å²) < 4.78 is 0. The van der Waals surface area contributed by atoms with Gasteiger partial charge in [-0.25, -0.2) is 0 Å². The van der Waals surface area contributed by atoms with Gasteiger partial charge in [0.25, 0.3) is 0 Å². The molecule has 0 aliphatic heterocycles. The van der Waals surface area contributed by atoms with Gasteiger partial charge in [0.05, 0.1) is 0 Å². The van der Waals surface area contributed by atoms with Gasteiger partial charge in [-0.2, -0.15) is 0 Å². The van der Waals surface area contributed by atoms with Crippen LogP contribution in [-0.2, 0) is 0 Å². The summed E-state index contributed by atoms with van der Waals surface area (Å²) in [6, 6.07) is 8.72. The molecule has 2 rings (SSSR count). The van der Waals surface area contributed by atoms with Crippen LogP contribution in [0.1, 0.15) is 22.3 Å². The van der Waals surface area contributed by atoms with Crippen LogP contribution >= 0.6 is 0 Å². The molecule has 0 unspecified atom stereocenters. The number of hydrogen-bond acceptors (Lipinski definition) is 0. The fourth-order valence-corrected chi connectivity index (χ4v) is 2.07. The van der Waals surface area contributed by atoms with Crippen molar-refractivity contribution in [2.75, 3.05) is 0 Å². The topological polar surface area (TPSA) is 0 Å². The van der Waals surface area contributed by atoms with Crippen LogP contribution in [0.25, 0.3) is 22.9 Å². The van der Waals surface area contributed by atoms with E-state index in [2.05, 4.69) is 51.3 Å². The minimum Gasteiger partial charge on any atom is -0.0984 e. The summed E-state index contributed by atoms with van der Waals surface area (Å²) in [5.41, 5.74) is 4.91. The Bertz CT molecular complexity index is 522. The van der Waals surface area contributed by atoms with Crippen LogP contribution in [0.15, 0.2) is 37.4 Å². The van der Waals surface area contributed by atoms with E-state index in [-0.39, 0.29) is 0 Å². The Hall–Kier alpha value is -1.82. The first-order valence-corrected chi connectivity index (χ1v) is 5.46. The van der Waals surface area contributed by atoms with Gasteiger partial charge in [0, 0.05) is 0 Å². The molecular formula is C16H16. The van der Waals surface area contributed by atoms with Crippen LogP contribution in [0, 0.1) is 13.8 Å². The summed E-state index contributed by atoms with van der Waals surface area (Å²) in [4.78, 5) is 0. The van der Waals surface area contributed by atoms with Crippen molar-refractivity contribution in [2.45, 2.75) is 13.8 Å². The molecule has 2 aromatic rings. The normalized spacial score (nSPS) is 10.4. The van der Waals surface area contributed by atoms with Crippen molar-refractivity contribution < 1.29 is 0 Å². The maximum atomic E-state index is 3.85. The SMILES string of the molecule is C=Cc1cc2c(C)ccc(C)c2cc1C=C. The van der Waals surface area contributed by atoms with E-state index >= 15 is 0 Å². The van der Waals surface area contributed by atoms with Gasteiger partial charge < -0.3 is 0 Å². The van der Waals surface area contributed by atoms with Crippen LogP contribution in [-0.4, -0.2) is 0 Å². The fraction of sp³-hybridized carbons (Fsp3) is 0.125. The summed E-state index contributed by atoms with van der Waals surface area (Å²) in [6.07, 6.45) is 3.77. The number of aryl methyl sites for hydroxylation is 2. The maximum absolute atomic E-state index is 3.85. The first-order chi connectivity index (χ1) is 7.67. The third-order valence-electron chi connectivity index (χ3n) is 3.10. The van der Waals surface area contributed by atoms with E-state index in [9.17, 15) is 0 Å². The molecular weight excluding hydrogens is 192 g/mol. The Morgan fingerprint density at radius 1 is 0.812 bits per heavy atom. The van der Waals surface area contributed by atoms with Gasteiger partial charge in [-0.3, -0.25) is 0 Å². The highest BCUT2D eigenvalue weighted by atomic mass is 14.1.